The first-order valence-electron chi connectivity index (χ1n) is 5.44. The molecule has 0 N–H and O–H groups in total. The first-order chi connectivity index (χ1) is 8.01. The highest BCUT2D eigenvalue weighted by atomic mass is 19.1. The first-order valence-corrected chi connectivity index (χ1v) is 5.44. The van der Waals surface area contributed by atoms with Gasteiger partial charge in [-0.1, -0.05) is 0 Å². The molecule has 1 aliphatic carbocycles. The Balaban J connectivity index is 2.18. The maximum Gasteiger partial charge on any atom is 0.235 e. The summed E-state index contributed by atoms with van der Waals surface area (Å²) in [6.07, 6.45) is 0.493. The second kappa shape index (κ2) is 3.15. The summed E-state index contributed by atoms with van der Waals surface area (Å²) in [6.45, 7) is 1.64. The van der Waals surface area contributed by atoms with E-state index >= 15 is 0 Å². The number of carbonyl (C=O) groups is 1. The zero-order valence-corrected chi connectivity index (χ0v) is 9.22. The third kappa shape index (κ3) is 1.47. The second-order valence-electron chi connectivity index (χ2n) is 4.49. The second-order valence-corrected chi connectivity index (χ2v) is 4.49. The maximum atomic E-state index is 13.7. The SMILES string of the molecule is Cc1c(C(=O)C2(F)CC2)oc2ccc(F)cc12. The number of hydrogen-bond acceptors (Lipinski definition) is 2. The summed E-state index contributed by atoms with van der Waals surface area (Å²) < 4.78 is 32.1. The third-order valence-corrected chi connectivity index (χ3v) is 3.20. The summed E-state index contributed by atoms with van der Waals surface area (Å²) in [5.74, 6) is -1.00. The van der Waals surface area contributed by atoms with E-state index in [9.17, 15) is 13.6 Å². The van der Waals surface area contributed by atoms with Crippen LogP contribution in [0.25, 0.3) is 11.0 Å². The molecule has 0 aliphatic heterocycles. The summed E-state index contributed by atoms with van der Waals surface area (Å²) in [5.41, 5.74) is -0.832. The molecule has 1 saturated carbocycles. The van der Waals surface area contributed by atoms with Gasteiger partial charge in [-0.3, -0.25) is 4.79 Å². The minimum Gasteiger partial charge on any atom is -0.453 e. The van der Waals surface area contributed by atoms with Gasteiger partial charge in [0.1, 0.15) is 11.4 Å². The minimum atomic E-state index is -1.75. The topological polar surface area (TPSA) is 30.2 Å². The predicted octanol–water partition coefficient (Wildman–Crippen LogP) is 3.57. The molecular formula is C13H10F2O2. The monoisotopic (exact) mass is 236 g/mol. The molecule has 1 fully saturated rings. The van der Waals surface area contributed by atoms with Crippen molar-refractivity contribution in [3.63, 3.8) is 0 Å². The molecule has 1 aliphatic rings. The lowest BCUT2D eigenvalue weighted by molar-refractivity contribution is 0.0822. The predicted molar refractivity (Wildman–Crippen MR) is 58.3 cm³/mol. The largest absolute Gasteiger partial charge is 0.453 e. The highest BCUT2D eigenvalue weighted by Gasteiger charge is 2.52. The molecule has 0 unspecified atom stereocenters. The molecular weight excluding hydrogens is 226 g/mol. The normalized spacial score (nSPS) is 17.4. The number of ketones is 1. The van der Waals surface area contributed by atoms with Crippen molar-refractivity contribution in [1.29, 1.82) is 0 Å². The molecule has 3 rings (SSSR count). The van der Waals surface area contributed by atoms with Gasteiger partial charge in [0, 0.05) is 10.9 Å². The van der Waals surface area contributed by atoms with Crippen LogP contribution < -0.4 is 0 Å². The van der Waals surface area contributed by atoms with Crippen molar-refractivity contribution < 1.29 is 18.0 Å². The van der Waals surface area contributed by atoms with E-state index in [2.05, 4.69) is 0 Å². The van der Waals surface area contributed by atoms with Crippen LogP contribution in [0.5, 0.6) is 0 Å². The lowest BCUT2D eigenvalue weighted by Gasteiger charge is -2.00. The zero-order chi connectivity index (χ0) is 12.2. The van der Waals surface area contributed by atoms with Crippen LogP contribution in [-0.2, 0) is 0 Å². The highest BCUT2D eigenvalue weighted by Crippen LogP contribution is 2.44. The van der Waals surface area contributed by atoms with Gasteiger partial charge in [-0.25, -0.2) is 8.78 Å². The number of halogens is 2. The van der Waals surface area contributed by atoms with Crippen molar-refractivity contribution in [2.75, 3.05) is 0 Å². The lowest BCUT2D eigenvalue weighted by Crippen LogP contribution is -2.16. The van der Waals surface area contributed by atoms with Gasteiger partial charge in [0.05, 0.1) is 0 Å². The van der Waals surface area contributed by atoms with Crippen molar-refractivity contribution in [3.05, 3.63) is 35.3 Å². The molecule has 2 aromatic rings. The minimum absolute atomic E-state index is 0.0191. The van der Waals surface area contributed by atoms with Gasteiger partial charge < -0.3 is 4.42 Å². The van der Waals surface area contributed by atoms with Crippen molar-refractivity contribution in [3.8, 4) is 0 Å². The summed E-state index contributed by atoms with van der Waals surface area (Å²) in [4.78, 5) is 11.8. The quantitative estimate of drug-likeness (QED) is 0.746. The average Bonchev–Trinajstić information content (AvgIpc) is 2.97. The standard InChI is InChI=1S/C13H10F2O2/c1-7-9-6-8(14)2-3-10(9)17-11(7)12(16)13(15)4-5-13/h2-3,6H,4-5H2,1H3. The molecule has 1 aromatic heterocycles. The smallest absolute Gasteiger partial charge is 0.235 e. The number of furan rings is 1. The van der Waals surface area contributed by atoms with E-state index in [-0.39, 0.29) is 18.6 Å². The van der Waals surface area contributed by atoms with Crippen LogP contribution in [0.15, 0.2) is 22.6 Å². The lowest BCUT2D eigenvalue weighted by atomic mass is 10.1. The molecule has 0 bridgehead atoms. The van der Waals surface area contributed by atoms with E-state index in [4.69, 9.17) is 4.42 Å². The Labute approximate surface area is 96.2 Å². The Morgan fingerprint density at radius 1 is 1.41 bits per heavy atom. The van der Waals surface area contributed by atoms with Gasteiger partial charge >= 0.3 is 0 Å². The Hall–Kier alpha value is -1.71. The third-order valence-electron chi connectivity index (χ3n) is 3.20. The average molecular weight is 236 g/mol. The van der Waals surface area contributed by atoms with Crippen molar-refractivity contribution in [2.45, 2.75) is 25.4 Å². The number of fused-ring (bicyclic) bond motifs is 1. The van der Waals surface area contributed by atoms with Gasteiger partial charge in [-0.15, -0.1) is 0 Å². The van der Waals surface area contributed by atoms with Crippen LogP contribution in [0.1, 0.15) is 29.0 Å². The van der Waals surface area contributed by atoms with Gasteiger partial charge in [0.25, 0.3) is 0 Å². The van der Waals surface area contributed by atoms with Crippen LogP contribution in [0.2, 0.25) is 0 Å². The van der Waals surface area contributed by atoms with E-state index in [0.717, 1.165) is 0 Å². The van der Waals surface area contributed by atoms with Gasteiger partial charge in [-0.05, 0) is 38.0 Å². The Kier molecular flexibility index (Phi) is 1.94. The number of carbonyl (C=O) groups excluding carboxylic acids is 1. The van der Waals surface area contributed by atoms with E-state index in [0.29, 0.717) is 16.5 Å². The number of benzene rings is 1. The van der Waals surface area contributed by atoms with E-state index in [1.165, 1.54) is 18.2 Å². The number of rotatable bonds is 2. The Morgan fingerprint density at radius 3 is 2.76 bits per heavy atom. The fourth-order valence-corrected chi connectivity index (χ4v) is 1.95. The molecule has 0 saturated heterocycles. The molecule has 0 spiro atoms. The van der Waals surface area contributed by atoms with Crippen LogP contribution in [0.4, 0.5) is 8.78 Å². The van der Waals surface area contributed by atoms with E-state index in [1.807, 2.05) is 0 Å². The summed E-state index contributed by atoms with van der Waals surface area (Å²) >= 11 is 0. The van der Waals surface area contributed by atoms with E-state index < -0.39 is 17.3 Å². The van der Waals surface area contributed by atoms with Gasteiger partial charge in [0.15, 0.2) is 11.4 Å². The molecule has 2 nitrogen and oxygen atoms in total. The molecule has 1 heterocycles. The molecule has 0 atom stereocenters. The molecule has 0 amide bonds. The fourth-order valence-electron chi connectivity index (χ4n) is 1.95. The molecule has 1 aromatic carbocycles. The summed E-state index contributed by atoms with van der Waals surface area (Å²) in [5, 5.41) is 0.526. The molecule has 17 heavy (non-hydrogen) atoms. The molecule has 4 heteroatoms. The van der Waals surface area contributed by atoms with Crippen LogP contribution in [0.3, 0.4) is 0 Å². The molecule has 0 radical (unpaired) electrons. The highest BCUT2D eigenvalue weighted by molar-refractivity contribution is 6.06. The summed E-state index contributed by atoms with van der Waals surface area (Å²) in [7, 11) is 0. The molecule has 88 valence electrons. The first kappa shape index (κ1) is 10.4. The van der Waals surface area contributed by atoms with Crippen LogP contribution >= 0.6 is 0 Å². The van der Waals surface area contributed by atoms with Crippen LogP contribution in [0, 0.1) is 12.7 Å². The Bertz CT molecular complexity index is 624. The summed E-state index contributed by atoms with van der Waals surface area (Å²) in [6, 6.07) is 4.00. The van der Waals surface area contributed by atoms with Gasteiger partial charge in [-0.2, -0.15) is 0 Å². The van der Waals surface area contributed by atoms with Gasteiger partial charge in [0.2, 0.25) is 5.78 Å². The number of alkyl halides is 1. The van der Waals surface area contributed by atoms with Crippen molar-refractivity contribution >= 4 is 16.8 Å². The van der Waals surface area contributed by atoms with Crippen molar-refractivity contribution in [1.82, 2.24) is 0 Å². The van der Waals surface area contributed by atoms with Crippen molar-refractivity contribution in [2.24, 2.45) is 0 Å². The maximum absolute atomic E-state index is 13.7. The van der Waals surface area contributed by atoms with Crippen LogP contribution in [-0.4, -0.2) is 11.5 Å². The van der Waals surface area contributed by atoms with E-state index in [1.54, 1.807) is 6.92 Å². The number of Topliss-reactive ketones (excluding diaryl/α,β-unsaturated/α-hetero) is 1. The fraction of sp³-hybridized carbons (Fsp3) is 0.308. The number of aryl methyl sites for hydroxylation is 1. The zero-order valence-electron chi connectivity index (χ0n) is 9.22. The Morgan fingerprint density at radius 2 is 2.12 bits per heavy atom. The number of hydrogen-bond donors (Lipinski definition) is 0.